The summed E-state index contributed by atoms with van der Waals surface area (Å²) in [7, 11) is 2.61. The van der Waals surface area contributed by atoms with Gasteiger partial charge in [0.25, 0.3) is 0 Å². The van der Waals surface area contributed by atoms with Crippen molar-refractivity contribution in [3.8, 4) is 23.0 Å². The molecule has 2 aromatic carbocycles. The molecular weight excluding hydrogens is 398 g/mol. The molecule has 0 heterocycles. The lowest BCUT2D eigenvalue weighted by Crippen LogP contribution is -2.16. The predicted molar refractivity (Wildman–Crippen MR) is 102 cm³/mol. The van der Waals surface area contributed by atoms with Crippen molar-refractivity contribution in [3.63, 3.8) is 0 Å². The van der Waals surface area contributed by atoms with Gasteiger partial charge in [-0.15, -0.1) is 0 Å². The fourth-order valence-electron chi connectivity index (χ4n) is 2.26. The SMILES string of the molecule is COc1cc(C(=O)OC(=N)CCC(=O)OC(=O)c2ccc(O)c(OC)c2)ccc1O. The number of aromatic hydroxyl groups is 2. The zero-order valence-electron chi connectivity index (χ0n) is 16.1. The van der Waals surface area contributed by atoms with Crippen LogP contribution < -0.4 is 9.47 Å². The van der Waals surface area contributed by atoms with Crippen LogP contribution in [0.5, 0.6) is 23.0 Å². The molecule has 158 valence electrons. The van der Waals surface area contributed by atoms with Gasteiger partial charge < -0.3 is 29.2 Å². The maximum Gasteiger partial charge on any atom is 0.345 e. The number of methoxy groups -OCH3 is 2. The Hall–Kier alpha value is -4.08. The number of hydrogen-bond acceptors (Lipinski definition) is 10. The van der Waals surface area contributed by atoms with Gasteiger partial charge in [0.2, 0.25) is 0 Å². The Labute approximate surface area is 171 Å². The summed E-state index contributed by atoms with van der Waals surface area (Å²) in [5.41, 5.74) is 0.0224. The Morgan fingerprint density at radius 2 is 1.27 bits per heavy atom. The maximum absolute atomic E-state index is 12.0. The highest BCUT2D eigenvalue weighted by Crippen LogP contribution is 2.27. The molecular formula is C20H19NO9. The van der Waals surface area contributed by atoms with Crippen LogP contribution in [0.1, 0.15) is 33.6 Å². The van der Waals surface area contributed by atoms with E-state index in [-0.39, 0.29) is 47.0 Å². The standard InChI is InChI=1S/C20H19NO9/c1-27-15-9-11(3-5-13(15)22)19(25)29-17(21)7-8-18(24)30-20(26)12-4-6-14(23)16(10-12)28-2/h3-6,9-10,21-23H,7-8H2,1-2H3. The highest BCUT2D eigenvalue weighted by Gasteiger charge is 2.18. The van der Waals surface area contributed by atoms with Crippen molar-refractivity contribution in [2.24, 2.45) is 0 Å². The van der Waals surface area contributed by atoms with Gasteiger partial charge in [-0.3, -0.25) is 10.2 Å². The van der Waals surface area contributed by atoms with Gasteiger partial charge in [0.05, 0.1) is 31.8 Å². The molecule has 0 saturated carbocycles. The fourth-order valence-corrected chi connectivity index (χ4v) is 2.26. The van der Waals surface area contributed by atoms with Crippen molar-refractivity contribution in [1.82, 2.24) is 0 Å². The summed E-state index contributed by atoms with van der Waals surface area (Å²) in [6.45, 7) is 0. The first-order valence-corrected chi connectivity index (χ1v) is 8.53. The molecule has 0 aromatic heterocycles. The first kappa shape index (κ1) is 22.2. The van der Waals surface area contributed by atoms with E-state index in [0.717, 1.165) is 0 Å². The van der Waals surface area contributed by atoms with Gasteiger partial charge in [-0.2, -0.15) is 0 Å². The summed E-state index contributed by atoms with van der Waals surface area (Å²) < 4.78 is 19.3. The number of phenols is 2. The van der Waals surface area contributed by atoms with Gasteiger partial charge >= 0.3 is 17.9 Å². The lowest BCUT2D eigenvalue weighted by Gasteiger charge is -2.08. The number of phenolic OH excluding ortho intramolecular Hbond substituents is 2. The summed E-state index contributed by atoms with van der Waals surface area (Å²) >= 11 is 0. The minimum Gasteiger partial charge on any atom is -0.504 e. The van der Waals surface area contributed by atoms with Gasteiger partial charge in [0.15, 0.2) is 28.9 Å². The van der Waals surface area contributed by atoms with Gasteiger partial charge in [-0.25, -0.2) is 9.59 Å². The number of ether oxygens (including phenoxy) is 4. The van der Waals surface area contributed by atoms with E-state index in [1.807, 2.05) is 0 Å². The normalized spacial score (nSPS) is 10.1. The first-order chi connectivity index (χ1) is 14.2. The lowest BCUT2D eigenvalue weighted by atomic mass is 10.2. The molecule has 10 heteroatoms. The molecule has 0 amide bonds. The molecule has 0 aliphatic carbocycles. The summed E-state index contributed by atoms with van der Waals surface area (Å²) in [5.74, 6) is -3.52. The fraction of sp³-hybridized carbons (Fsp3) is 0.200. The van der Waals surface area contributed by atoms with Crippen LogP contribution in [0.2, 0.25) is 0 Å². The van der Waals surface area contributed by atoms with Crippen molar-refractivity contribution in [3.05, 3.63) is 47.5 Å². The molecule has 0 bridgehead atoms. The van der Waals surface area contributed by atoms with E-state index in [1.165, 1.54) is 50.6 Å². The van der Waals surface area contributed by atoms with Crippen LogP contribution in [-0.4, -0.2) is 48.2 Å². The Balaban J connectivity index is 1.86. The number of carbonyl (C=O) groups is 3. The van der Waals surface area contributed by atoms with Crippen LogP contribution in [0.4, 0.5) is 0 Å². The van der Waals surface area contributed by atoms with Crippen molar-refractivity contribution in [2.75, 3.05) is 14.2 Å². The van der Waals surface area contributed by atoms with E-state index in [2.05, 4.69) is 4.74 Å². The summed E-state index contributed by atoms with van der Waals surface area (Å²) in [6.07, 6.45) is -0.669. The van der Waals surface area contributed by atoms with Gasteiger partial charge in [0, 0.05) is 6.42 Å². The first-order valence-electron chi connectivity index (χ1n) is 8.53. The zero-order valence-corrected chi connectivity index (χ0v) is 16.1. The lowest BCUT2D eigenvalue weighted by molar-refractivity contribution is -0.137. The molecule has 3 N–H and O–H groups in total. The summed E-state index contributed by atoms with van der Waals surface area (Å²) in [4.78, 5) is 35.8. The third kappa shape index (κ3) is 5.71. The second-order valence-electron chi connectivity index (χ2n) is 5.85. The molecule has 0 aliphatic rings. The van der Waals surface area contributed by atoms with Crippen molar-refractivity contribution < 1.29 is 43.5 Å². The molecule has 0 atom stereocenters. The minimum absolute atomic E-state index is 0.0132. The second kappa shape index (κ2) is 9.92. The van der Waals surface area contributed by atoms with E-state index in [1.54, 1.807) is 0 Å². The molecule has 0 saturated heterocycles. The molecule has 2 aromatic rings. The molecule has 30 heavy (non-hydrogen) atoms. The van der Waals surface area contributed by atoms with Crippen LogP contribution in [0.25, 0.3) is 0 Å². The monoisotopic (exact) mass is 417 g/mol. The second-order valence-corrected chi connectivity index (χ2v) is 5.85. The molecule has 10 nitrogen and oxygen atoms in total. The van der Waals surface area contributed by atoms with Crippen LogP contribution in [-0.2, 0) is 14.3 Å². The van der Waals surface area contributed by atoms with Gasteiger partial charge in [-0.05, 0) is 36.4 Å². The Kier molecular flexibility index (Phi) is 7.34. The smallest absolute Gasteiger partial charge is 0.345 e. The minimum atomic E-state index is -0.960. The van der Waals surface area contributed by atoms with Crippen LogP contribution in [0, 0.1) is 5.41 Å². The van der Waals surface area contributed by atoms with Crippen LogP contribution in [0.15, 0.2) is 36.4 Å². The van der Waals surface area contributed by atoms with E-state index < -0.39 is 23.8 Å². The summed E-state index contributed by atoms with van der Waals surface area (Å²) in [6, 6.07) is 7.44. The van der Waals surface area contributed by atoms with E-state index in [0.29, 0.717) is 0 Å². The van der Waals surface area contributed by atoms with Crippen LogP contribution in [0.3, 0.4) is 0 Å². The predicted octanol–water partition coefficient (Wildman–Crippen LogP) is 2.41. The highest BCUT2D eigenvalue weighted by molar-refractivity contribution is 6.00. The molecule has 0 radical (unpaired) electrons. The number of esters is 3. The number of rotatable bonds is 7. The van der Waals surface area contributed by atoms with E-state index in [4.69, 9.17) is 19.6 Å². The van der Waals surface area contributed by atoms with Crippen molar-refractivity contribution >= 4 is 23.8 Å². The largest absolute Gasteiger partial charge is 0.504 e. The number of nitrogens with one attached hydrogen (secondary N) is 1. The number of benzene rings is 2. The number of carbonyl (C=O) groups excluding carboxylic acids is 3. The number of hydrogen-bond donors (Lipinski definition) is 3. The highest BCUT2D eigenvalue weighted by atomic mass is 16.6. The van der Waals surface area contributed by atoms with Crippen molar-refractivity contribution in [1.29, 1.82) is 5.41 Å². The topological polar surface area (TPSA) is 152 Å². The molecule has 0 spiro atoms. The molecule has 0 aliphatic heterocycles. The Bertz CT molecular complexity index is 905. The Morgan fingerprint density at radius 1 is 0.800 bits per heavy atom. The van der Waals surface area contributed by atoms with E-state index >= 15 is 0 Å². The van der Waals surface area contributed by atoms with Crippen LogP contribution >= 0.6 is 0 Å². The maximum atomic E-state index is 12.0. The molecule has 2 rings (SSSR count). The van der Waals surface area contributed by atoms with E-state index in [9.17, 15) is 24.6 Å². The molecule has 0 unspecified atom stereocenters. The Morgan fingerprint density at radius 3 is 1.73 bits per heavy atom. The summed E-state index contributed by atoms with van der Waals surface area (Å²) in [5, 5.41) is 26.7. The molecule has 0 fully saturated rings. The quantitative estimate of drug-likeness (QED) is 0.267. The third-order valence-corrected chi connectivity index (χ3v) is 3.81. The average Bonchev–Trinajstić information content (AvgIpc) is 2.72. The van der Waals surface area contributed by atoms with Gasteiger partial charge in [0.1, 0.15) is 0 Å². The van der Waals surface area contributed by atoms with Crippen molar-refractivity contribution in [2.45, 2.75) is 12.8 Å². The third-order valence-electron chi connectivity index (χ3n) is 3.81. The average molecular weight is 417 g/mol. The van der Waals surface area contributed by atoms with Gasteiger partial charge in [-0.1, -0.05) is 0 Å². The zero-order chi connectivity index (χ0) is 22.3.